The predicted molar refractivity (Wildman–Crippen MR) is 39.3 cm³/mol. The largest absolute Gasteiger partial charge is 0.480 e. The van der Waals surface area contributed by atoms with Gasteiger partial charge < -0.3 is 10.1 Å². The molecule has 0 fully saturated rings. The van der Waals surface area contributed by atoms with Gasteiger partial charge >= 0.3 is 5.97 Å². The molecule has 0 unspecified atom stereocenters. The van der Waals surface area contributed by atoms with E-state index in [1.165, 1.54) is 0 Å². The SMILES string of the molecule is CC(C)[C@H](N[SiH3])C(=O)O. The smallest absolute Gasteiger partial charge is 0.320 e. The lowest BCUT2D eigenvalue weighted by Gasteiger charge is -2.14. The molecule has 9 heavy (non-hydrogen) atoms. The van der Waals surface area contributed by atoms with Crippen LogP contribution in [0.1, 0.15) is 13.8 Å². The van der Waals surface area contributed by atoms with Crippen LogP contribution in [-0.4, -0.2) is 27.5 Å². The Bertz CT molecular complexity index is 105. The summed E-state index contributed by atoms with van der Waals surface area (Å²) in [6, 6.07) is -0.350. The minimum Gasteiger partial charge on any atom is -0.480 e. The number of carboxylic acid groups (broad SMARTS) is 1. The number of hydrogen-bond acceptors (Lipinski definition) is 2. The second kappa shape index (κ2) is 3.63. The number of rotatable bonds is 3. The van der Waals surface area contributed by atoms with Crippen molar-refractivity contribution in [2.24, 2.45) is 5.92 Å². The van der Waals surface area contributed by atoms with Crippen molar-refractivity contribution in [2.75, 3.05) is 0 Å². The first-order valence-electron chi connectivity index (χ1n) is 2.99. The van der Waals surface area contributed by atoms with Crippen molar-refractivity contribution in [3.05, 3.63) is 0 Å². The fourth-order valence-corrected chi connectivity index (χ4v) is 1.66. The van der Waals surface area contributed by atoms with Gasteiger partial charge in [0, 0.05) is 0 Å². The zero-order chi connectivity index (χ0) is 7.44. The second-order valence-corrected chi connectivity index (χ2v) is 2.93. The van der Waals surface area contributed by atoms with E-state index in [1.807, 2.05) is 13.8 Å². The van der Waals surface area contributed by atoms with E-state index in [2.05, 4.69) is 4.98 Å². The van der Waals surface area contributed by atoms with Crippen LogP contribution in [0.5, 0.6) is 0 Å². The molecule has 2 N–H and O–H groups in total. The summed E-state index contributed by atoms with van der Waals surface area (Å²) in [4.78, 5) is 13.2. The normalized spacial score (nSPS) is 14.1. The number of aliphatic carboxylic acids is 1. The molecule has 0 aliphatic heterocycles. The van der Waals surface area contributed by atoms with Crippen LogP contribution in [0.2, 0.25) is 0 Å². The zero-order valence-corrected chi connectivity index (χ0v) is 8.01. The van der Waals surface area contributed by atoms with Crippen LogP contribution >= 0.6 is 0 Å². The van der Waals surface area contributed by atoms with E-state index in [1.54, 1.807) is 0 Å². The fraction of sp³-hybridized carbons (Fsp3) is 0.800. The van der Waals surface area contributed by atoms with Crippen molar-refractivity contribution in [3.8, 4) is 0 Å². The van der Waals surface area contributed by atoms with Gasteiger partial charge in [-0.1, -0.05) is 13.8 Å². The maximum atomic E-state index is 10.3. The molecule has 0 spiro atoms. The van der Waals surface area contributed by atoms with Crippen LogP contribution in [0.4, 0.5) is 0 Å². The summed E-state index contributed by atoms with van der Waals surface area (Å²) in [5.41, 5.74) is 0. The van der Waals surface area contributed by atoms with E-state index in [0.29, 0.717) is 0 Å². The molecule has 0 aromatic heterocycles. The Morgan fingerprint density at radius 2 is 2.11 bits per heavy atom. The molecule has 1 atom stereocenters. The highest BCUT2D eigenvalue weighted by atomic mass is 28.2. The Morgan fingerprint density at radius 3 is 2.11 bits per heavy atom. The standard InChI is InChI=1S/C5H13NO2Si/c1-3(2)4(6-9)5(7)8/h3-4,6H,1-2,9H3,(H,7,8)/t4-/m0/s1. The summed E-state index contributed by atoms with van der Waals surface area (Å²) in [6.45, 7) is 3.79. The highest BCUT2D eigenvalue weighted by Crippen LogP contribution is 1.99. The van der Waals surface area contributed by atoms with Crippen molar-refractivity contribution >= 4 is 16.4 Å². The monoisotopic (exact) mass is 147 g/mol. The van der Waals surface area contributed by atoms with Crippen LogP contribution in [-0.2, 0) is 4.79 Å². The van der Waals surface area contributed by atoms with Gasteiger partial charge in [-0.25, -0.2) is 0 Å². The maximum absolute atomic E-state index is 10.3. The Hall–Kier alpha value is -0.353. The number of hydrogen-bond donors (Lipinski definition) is 2. The van der Waals surface area contributed by atoms with Crippen molar-refractivity contribution in [3.63, 3.8) is 0 Å². The van der Waals surface area contributed by atoms with Gasteiger partial charge in [-0.2, -0.15) is 0 Å². The molecule has 0 aromatic carbocycles. The van der Waals surface area contributed by atoms with E-state index >= 15 is 0 Å². The van der Waals surface area contributed by atoms with Crippen LogP contribution in [0.3, 0.4) is 0 Å². The summed E-state index contributed by atoms with van der Waals surface area (Å²) in [5.74, 6) is -0.569. The topological polar surface area (TPSA) is 49.3 Å². The fourth-order valence-electron chi connectivity index (χ4n) is 0.742. The van der Waals surface area contributed by atoms with E-state index in [4.69, 9.17) is 5.11 Å². The van der Waals surface area contributed by atoms with Gasteiger partial charge in [0.25, 0.3) is 0 Å². The lowest BCUT2D eigenvalue weighted by molar-refractivity contribution is -0.140. The second-order valence-electron chi connectivity index (χ2n) is 2.35. The van der Waals surface area contributed by atoms with E-state index < -0.39 is 5.97 Å². The number of carboxylic acids is 1. The first-order chi connectivity index (χ1) is 4.09. The number of carbonyl (C=O) groups is 1. The first-order valence-corrected chi connectivity index (χ1v) is 3.99. The van der Waals surface area contributed by atoms with E-state index in [9.17, 15) is 4.79 Å². The molecule has 0 saturated heterocycles. The minimum atomic E-state index is -0.750. The lowest BCUT2D eigenvalue weighted by atomic mass is 10.1. The minimum absolute atomic E-state index is 0.181. The molecule has 4 heteroatoms. The predicted octanol–water partition coefficient (Wildman–Crippen LogP) is -1.03. The lowest BCUT2D eigenvalue weighted by Crippen LogP contribution is -2.39. The van der Waals surface area contributed by atoms with Crippen molar-refractivity contribution < 1.29 is 9.90 Å². The van der Waals surface area contributed by atoms with Gasteiger partial charge in [-0.05, 0) is 5.92 Å². The molecule has 0 rings (SSSR count). The molecular weight excluding hydrogens is 134 g/mol. The van der Waals surface area contributed by atoms with Gasteiger partial charge in [0.1, 0.15) is 6.04 Å². The summed E-state index contributed by atoms with van der Waals surface area (Å²) >= 11 is 0. The summed E-state index contributed by atoms with van der Waals surface area (Å²) < 4.78 is 0. The van der Waals surface area contributed by atoms with Gasteiger partial charge in [-0.3, -0.25) is 4.79 Å². The Balaban J connectivity index is 3.83. The number of nitrogens with one attached hydrogen (secondary N) is 1. The Morgan fingerprint density at radius 1 is 1.67 bits per heavy atom. The Labute approximate surface area is 58.0 Å². The molecule has 0 heterocycles. The highest BCUT2D eigenvalue weighted by Gasteiger charge is 2.17. The van der Waals surface area contributed by atoms with Gasteiger partial charge in [0.05, 0.1) is 10.4 Å². The molecule has 54 valence electrons. The molecule has 3 nitrogen and oxygen atoms in total. The molecule has 0 aliphatic carbocycles. The Kier molecular flexibility index (Phi) is 3.49. The quantitative estimate of drug-likeness (QED) is 0.502. The van der Waals surface area contributed by atoms with Crippen LogP contribution < -0.4 is 4.98 Å². The first kappa shape index (κ1) is 8.65. The van der Waals surface area contributed by atoms with Crippen LogP contribution in [0, 0.1) is 5.92 Å². The molecule has 0 bridgehead atoms. The third kappa shape index (κ3) is 2.62. The summed E-state index contributed by atoms with van der Waals surface area (Å²) in [6.07, 6.45) is 0. The molecule has 0 amide bonds. The third-order valence-corrected chi connectivity index (χ3v) is 1.87. The van der Waals surface area contributed by atoms with Crippen LogP contribution in [0.15, 0.2) is 0 Å². The van der Waals surface area contributed by atoms with Gasteiger partial charge in [0.15, 0.2) is 0 Å². The summed E-state index contributed by atoms with van der Waals surface area (Å²) in [7, 11) is 0.737. The van der Waals surface area contributed by atoms with E-state index in [0.717, 1.165) is 10.4 Å². The molecule has 0 aliphatic rings. The van der Waals surface area contributed by atoms with Crippen molar-refractivity contribution in [1.29, 1.82) is 0 Å². The average Bonchev–Trinajstić information content (AvgIpc) is 1.64. The zero-order valence-electron chi connectivity index (χ0n) is 6.01. The van der Waals surface area contributed by atoms with Gasteiger partial charge in [0.2, 0.25) is 0 Å². The average molecular weight is 147 g/mol. The third-order valence-electron chi connectivity index (χ3n) is 1.24. The molecule has 0 saturated carbocycles. The molecule has 0 aromatic rings. The van der Waals surface area contributed by atoms with E-state index in [-0.39, 0.29) is 12.0 Å². The molecule has 0 radical (unpaired) electrons. The van der Waals surface area contributed by atoms with Crippen molar-refractivity contribution in [2.45, 2.75) is 19.9 Å². The highest BCUT2D eigenvalue weighted by molar-refractivity contribution is 6.06. The summed E-state index contributed by atoms with van der Waals surface area (Å²) in [5, 5.41) is 8.50. The maximum Gasteiger partial charge on any atom is 0.320 e. The van der Waals surface area contributed by atoms with Gasteiger partial charge in [-0.15, -0.1) is 0 Å². The van der Waals surface area contributed by atoms with Crippen LogP contribution in [0.25, 0.3) is 0 Å². The molecular formula is C5H13NO2Si. The van der Waals surface area contributed by atoms with Crippen molar-refractivity contribution in [1.82, 2.24) is 4.98 Å².